The van der Waals surface area contributed by atoms with Gasteiger partial charge in [-0.25, -0.2) is 4.98 Å². The smallest absolute Gasteiger partial charge is 0.156 e. The van der Waals surface area contributed by atoms with E-state index < -0.39 is 0 Å². The monoisotopic (exact) mass is 334 g/mol. The molecule has 2 aromatic heterocycles. The summed E-state index contributed by atoms with van der Waals surface area (Å²) in [7, 11) is 1.73. The van der Waals surface area contributed by atoms with Crippen molar-refractivity contribution in [1.29, 1.82) is 0 Å². The summed E-state index contributed by atoms with van der Waals surface area (Å²) in [5.41, 5.74) is 5.29. The molecule has 5 heteroatoms. The average molecular weight is 334 g/mol. The van der Waals surface area contributed by atoms with E-state index in [-0.39, 0.29) is 5.41 Å². The average Bonchev–Trinajstić information content (AvgIpc) is 3.32. The van der Waals surface area contributed by atoms with Gasteiger partial charge in [0.2, 0.25) is 0 Å². The molecule has 0 aliphatic heterocycles. The van der Waals surface area contributed by atoms with Crippen LogP contribution in [0.3, 0.4) is 0 Å². The van der Waals surface area contributed by atoms with Crippen molar-refractivity contribution in [2.24, 2.45) is 5.41 Å². The Kier molecular flexibility index (Phi) is 3.71. The Morgan fingerprint density at radius 2 is 2.04 bits per heavy atom. The number of methoxy groups -OCH3 is 1. The molecule has 0 spiro atoms. The molecule has 0 atom stereocenters. The zero-order chi connectivity index (χ0) is 17.4. The number of aromatic nitrogens is 4. The van der Waals surface area contributed by atoms with Gasteiger partial charge in [-0.1, -0.05) is 32.1 Å². The number of rotatable bonds is 5. The molecule has 1 aromatic carbocycles. The summed E-state index contributed by atoms with van der Waals surface area (Å²) in [6.07, 6.45) is 8.06. The van der Waals surface area contributed by atoms with Crippen molar-refractivity contribution in [2.45, 2.75) is 26.7 Å². The van der Waals surface area contributed by atoms with E-state index in [4.69, 9.17) is 9.72 Å². The fourth-order valence-corrected chi connectivity index (χ4v) is 3.59. The van der Waals surface area contributed by atoms with Crippen LogP contribution in [0, 0.1) is 5.41 Å². The summed E-state index contributed by atoms with van der Waals surface area (Å²) in [5, 5.41) is 7.38. The summed E-state index contributed by atoms with van der Waals surface area (Å²) in [4.78, 5) is 8.08. The standard InChI is InChI=1S/C20H22N4O/c1-20(2,14-7-6-10-17(14)25-3)11-13-12-21-24-18(13)19-22-15-8-4-5-9-16(15)23-19/h4-5,7-10,12H,6,11H2,1-3H3,(H,21,24)(H,22,23). The molecule has 0 radical (unpaired) electrons. The van der Waals surface area contributed by atoms with E-state index in [0.29, 0.717) is 0 Å². The second-order valence-electron chi connectivity index (χ2n) is 7.06. The molecule has 0 saturated carbocycles. The molecule has 0 fully saturated rings. The Bertz CT molecular complexity index is 941. The van der Waals surface area contributed by atoms with Gasteiger partial charge in [-0.3, -0.25) is 5.10 Å². The second kappa shape index (κ2) is 5.92. The van der Waals surface area contributed by atoms with Crippen LogP contribution in [0.2, 0.25) is 0 Å². The lowest BCUT2D eigenvalue weighted by Gasteiger charge is -2.27. The van der Waals surface area contributed by atoms with E-state index in [2.05, 4.69) is 41.2 Å². The van der Waals surface area contributed by atoms with Crippen LogP contribution in [0.1, 0.15) is 25.8 Å². The molecular weight excluding hydrogens is 312 g/mol. The first kappa shape index (κ1) is 15.7. The maximum Gasteiger partial charge on any atom is 0.156 e. The van der Waals surface area contributed by atoms with Crippen LogP contribution in [0.4, 0.5) is 0 Å². The quantitative estimate of drug-likeness (QED) is 0.727. The highest BCUT2D eigenvalue weighted by Crippen LogP contribution is 2.40. The molecular formula is C20H22N4O. The van der Waals surface area contributed by atoms with Gasteiger partial charge in [0.05, 0.1) is 24.3 Å². The Morgan fingerprint density at radius 1 is 1.20 bits per heavy atom. The normalized spacial score (nSPS) is 14.7. The van der Waals surface area contributed by atoms with E-state index in [1.807, 2.05) is 30.5 Å². The van der Waals surface area contributed by atoms with Crippen LogP contribution in [0.5, 0.6) is 0 Å². The Hall–Kier alpha value is -2.82. The number of para-hydroxylation sites is 2. The number of allylic oxidation sites excluding steroid dienone is 3. The van der Waals surface area contributed by atoms with E-state index in [1.165, 1.54) is 5.57 Å². The highest BCUT2D eigenvalue weighted by molar-refractivity contribution is 5.79. The summed E-state index contributed by atoms with van der Waals surface area (Å²) >= 11 is 0. The van der Waals surface area contributed by atoms with Crippen LogP contribution < -0.4 is 0 Å². The van der Waals surface area contributed by atoms with Crippen molar-refractivity contribution < 1.29 is 4.74 Å². The number of aromatic amines is 2. The maximum absolute atomic E-state index is 5.53. The third-order valence-electron chi connectivity index (χ3n) is 4.82. The Labute approximate surface area is 146 Å². The van der Waals surface area contributed by atoms with Gasteiger partial charge in [0.1, 0.15) is 11.5 Å². The zero-order valence-corrected chi connectivity index (χ0v) is 14.8. The van der Waals surface area contributed by atoms with Crippen LogP contribution in [0.25, 0.3) is 22.6 Å². The number of benzene rings is 1. The zero-order valence-electron chi connectivity index (χ0n) is 14.8. The number of H-pyrrole nitrogens is 2. The molecule has 0 unspecified atom stereocenters. The molecule has 128 valence electrons. The fraction of sp³-hybridized carbons (Fsp3) is 0.300. The number of nitrogens with one attached hydrogen (secondary N) is 2. The van der Waals surface area contributed by atoms with Crippen LogP contribution in [-0.4, -0.2) is 27.3 Å². The summed E-state index contributed by atoms with van der Waals surface area (Å²) in [6.45, 7) is 4.48. The molecule has 2 N–H and O–H groups in total. The van der Waals surface area contributed by atoms with Crippen molar-refractivity contribution in [1.82, 2.24) is 20.2 Å². The van der Waals surface area contributed by atoms with Gasteiger partial charge in [-0.15, -0.1) is 0 Å². The molecule has 4 rings (SSSR count). The van der Waals surface area contributed by atoms with Gasteiger partial charge >= 0.3 is 0 Å². The SMILES string of the molecule is COC1=CCC=C1C(C)(C)Cc1cn[nH]c1-c1nc2ccccc2[nH]1. The van der Waals surface area contributed by atoms with Crippen molar-refractivity contribution in [3.05, 3.63) is 59.5 Å². The summed E-state index contributed by atoms with van der Waals surface area (Å²) < 4.78 is 5.53. The third-order valence-corrected chi connectivity index (χ3v) is 4.82. The minimum absolute atomic E-state index is 0.0526. The van der Waals surface area contributed by atoms with Crippen molar-refractivity contribution in [2.75, 3.05) is 7.11 Å². The van der Waals surface area contributed by atoms with Crippen molar-refractivity contribution in [3.63, 3.8) is 0 Å². The molecule has 5 nitrogen and oxygen atoms in total. The molecule has 1 aliphatic rings. The minimum atomic E-state index is -0.0526. The molecule has 0 amide bonds. The van der Waals surface area contributed by atoms with Gasteiger partial charge in [-0.05, 0) is 42.0 Å². The number of ether oxygens (including phenoxy) is 1. The van der Waals surface area contributed by atoms with Crippen LogP contribution >= 0.6 is 0 Å². The van der Waals surface area contributed by atoms with Crippen molar-refractivity contribution in [3.8, 4) is 11.5 Å². The lowest BCUT2D eigenvalue weighted by molar-refractivity contribution is 0.279. The van der Waals surface area contributed by atoms with E-state index >= 15 is 0 Å². The second-order valence-corrected chi connectivity index (χ2v) is 7.06. The fourth-order valence-electron chi connectivity index (χ4n) is 3.59. The number of imidazole rings is 1. The van der Waals surface area contributed by atoms with E-state index in [9.17, 15) is 0 Å². The number of hydrogen-bond donors (Lipinski definition) is 2. The molecule has 25 heavy (non-hydrogen) atoms. The largest absolute Gasteiger partial charge is 0.497 e. The third kappa shape index (κ3) is 2.76. The predicted octanol–water partition coefficient (Wildman–Crippen LogP) is 4.38. The van der Waals surface area contributed by atoms with E-state index in [0.717, 1.165) is 46.7 Å². The first-order valence-electron chi connectivity index (χ1n) is 8.51. The van der Waals surface area contributed by atoms with Gasteiger partial charge in [0.15, 0.2) is 5.82 Å². The minimum Gasteiger partial charge on any atom is -0.497 e. The topological polar surface area (TPSA) is 66.6 Å². The molecule has 0 bridgehead atoms. The summed E-state index contributed by atoms with van der Waals surface area (Å²) in [6, 6.07) is 8.04. The van der Waals surface area contributed by atoms with E-state index in [1.54, 1.807) is 7.11 Å². The highest BCUT2D eigenvalue weighted by atomic mass is 16.5. The predicted molar refractivity (Wildman–Crippen MR) is 99.0 cm³/mol. The molecule has 0 saturated heterocycles. The van der Waals surface area contributed by atoms with Gasteiger partial charge in [-0.2, -0.15) is 5.10 Å². The number of fused-ring (bicyclic) bond motifs is 1. The van der Waals surface area contributed by atoms with Crippen molar-refractivity contribution >= 4 is 11.0 Å². The Morgan fingerprint density at radius 3 is 2.84 bits per heavy atom. The van der Waals surface area contributed by atoms with Gasteiger partial charge in [0, 0.05) is 5.56 Å². The van der Waals surface area contributed by atoms with Crippen LogP contribution in [0.15, 0.2) is 53.9 Å². The highest BCUT2D eigenvalue weighted by Gasteiger charge is 2.30. The van der Waals surface area contributed by atoms with Gasteiger partial charge in [0.25, 0.3) is 0 Å². The molecule has 1 aliphatic carbocycles. The summed E-state index contributed by atoms with van der Waals surface area (Å²) in [5.74, 6) is 1.81. The Balaban J connectivity index is 1.67. The number of nitrogens with zero attached hydrogens (tertiary/aromatic N) is 2. The lowest BCUT2D eigenvalue weighted by Crippen LogP contribution is -2.19. The maximum atomic E-state index is 5.53. The number of hydrogen-bond acceptors (Lipinski definition) is 3. The molecule has 2 heterocycles. The first-order valence-corrected chi connectivity index (χ1v) is 8.51. The lowest BCUT2D eigenvalue weighted by atomic mass is 9.78. The van der Waals surface area contributed by atoms with Gasteiger partial charge < -0.3 is 9.72 Å². The van der Waals surface area contributed by atoms with Crippen LogP contribution in [-0.2, 0) is 11.2 Å². The molecule has 3 aromatic rings. The first-order chi connectivity index (χ1) is 12.1.